The maximum Gasteiger partial charge on any atom is 0.187 e. The first-order valence-electron chi connectivity index (χ1n) is 11.2. The summed E-state index contributed by atoms with van der Waals surface area (Å²) in [5, 5.41) is 29.0. The van der Waals surface area contributed by atoms with Crippen LogP contribution in [0.3, 0.4) is 0 Å². The minimum absolute atomic E-state index is 0.0219. The van der Waals surface area contributed by atoms with Gasteiger partial charge in [-0.15, -0.1) is 10.2 Å². The van der Waals surface area contributed by atoms with Crippen molar-refractivity contribution in [2.45, 2.75) is 63.1 Å². The second-order valence-electron chi connectivity index (χ2n) is 10.0. The summed E-state index contributed by atoms with van der Waals surface area (Å²) in [7, 11) is 1.85. The molecule has 2 aliphatic rings. The smallest absolute Gasteiger partial charge is 0.187 e. The number of benzene rings is 1. The molecule has 0 amide bonds. The number of nitrogens with zero attached hydrogens (tertiary/aromatic N) is 4. The number of fused-ring (bicyclic) bond motifs is 2. The van der Waals surface area contributed by atoms with Gasteiger partial charge in [-0.1, -0.05) is 0 Å². The van der Waals surface area contributed by atoms with Gasteiger partial charge in [0.1, 0.15) is 11.6 Å². The quantitative estimate of drug-likeness (QED) is 0.541. The van der Waals surface area contributed by atoms with Gasteiger partial charge in [-0.05, 0) is 58.1 Å². The number of halogens is 2. The molecule has 174 valence electrons. The maximum atomic E-state index is 15.2. The topological polar surface area (TPSA) is 90.0 Å². The van der Waals surface area contributed by atoms with Crippen molar-refractivity contribution >= 4 is 5.82 Å². The Morgan fingerprint density at radius 1 is 1.03 bits per heavy atom. The van der Waals surface area contributed by atoms with Crippen LogP contribution >= 0.6 is 0 Å². The summed E-state index contributed by atoms with van der Waals surface area (Å²) >= 11 is 0. The fourth-order valence-electron chi connectivity index (χ4n) is 5.71. The Morgan fingerprint density at radius 2 is 1.76 bits per heavy atom. The lowest BCUT2D eigenvalue weighted by atomic mass is 9.69. The number of piperidine rings is 2. The molecule has 3 atom stereocenters. The van der Waals surface area contributed by atoms with E-state index in [0.717, 1.165) is 31.7 Å². The summed E-state index contributed by atoms with van der Waals surface area (Å²) < 4.78 is 29.9. The fourth-order valence-corrected chi connectivity index (χ4v) is 5.71. The largest absolute Gasteiger partial charge is 0.507 e. The molecular weight excluding hydrogens is 426 g/mol. The third kappa shape index (κ3) is 3.94. The normalized spacial score (nSPS) is 26.9. The highest BCUT2D eigenvalue weighted by Gasteiger charge is 2.47. The van der Waals surface area contributed by atoms with E-state index in [1.807, 2.05) is 11.9 Å². The van der Waals surface area contributed by atoms with Crippen LogP contribution in [0.2, 0.25) is 0 Å². The van der Waals surface area contributed by atoms with Crippen LogP contribution in [0.1, 0.15) is 46.0 Å². The number of H-pyrrole nitrogens is 1. The molecule has 0 unspecified atom stereocenters. The van der Waals surface area contributed by atoms with Crippen LogP contribution < -0.4 is 10.2 Å². The predicted octanol–water partition coefficient (Wildman–Crippen LogP) is 4.41. The first-order valence-corrected chi connectivity index (χ1v) is 11.2. The second-order valence-corrected chi connectivity index (χ2v) is 10.0. The minimum Gasteiger partial charge on any atom is -0.507 e. The summed E-state index contributed by atoms with van der Waals surface area (Å²) in [6.45, 7) is 4.47. The lowest BCUT2D eigenvalue weighted by molar-refractivity contribution is 0.0782. The van der Waals surface area contributed by atoms with Gasteiger partial charge >= 0.3 is 0 Å². The summed E-state index contributed by atoms with van der Waals surface area (Å²) in [6.07, 6.45) is 8.15. The van der Waals surface area contributed by atoms with Crippen molar-refractivity contribution in [3.63, 3.8) is 0 Å². The lowest BCUT2D eigenvalue weighted by Crippen LogP contribution is -2.66. The average molecular weight is 455 g/mol. The second kappa shape index (κ2) is 7.76. The van der Waals surface area contributed by atoms with Crippen LogP contribution in [0, 0.1) is 11.6 Å². The van der Waals surface area contributed by atoms with Gasteiger partial charge < -0.3 is 15.3 Å². The first kappa shape index (κ1) is 21.8. The van der Waals surface area contributed by atoms with Crippen molar-refractivity contribution in [1.29, 1.82) is 0 Å². The van der Waals surface area contributed by atoms with Gasteiger partial charge in [0.2, 0.25) is 0 Å². The number of hydrogen-bond donors (Lipinski definition) is 3. The van der Waals surface area contributed by atoms with E-state index >= 15 is 4.39 Å². The van der Waals surface area contributed by atoms with Crippen molar-refractivity contribution < 1.29 is 13.9 Å². The number of anilines is 1. The van der Waals surface area contributed by atoms with E-state index in [9.17, 15) is 9.50 Å². The van der Waals surface area contributed by atoms with Crippen molar-refractivity contribution in [2.24, 2.45) is 0 Å². The van der Waals surface area contributed by atoms with Gasteiger partial charge in [0.15, 0.2) is 11.6 Å². The van der Waals surface area contributed by atoms with Crippen LogP contribution in [0.15, 0.2) is 30.6 Å². The van der Waals surface area contributed by atoms with Crippen LogP contribution in [0.5, 0.6) is 5.75 Å². The van der Waals surface area contributed by atoms with E-state index in [4.69, 9.17) is 0 Å². The summed E-state index contributed by atoms with van der Waals surface area (Å²) in [5.74, 6) is -1.18. The molecule has 4 heterocycles. The van der Waals surface area contributed by atoms with Crippen LogP contribution in [0.25, 0.3) is 22.4 Å². The van der Waals surface area contributed by atoms with Crippen LogP contribution in [-0.2, 0) is 0 Å². The Kier molecular flexibility index (Phi) is 5.12. The molecule has 7 nitrogen and oxygen atoms in total. The molecule has 0 spiro atoms. The monoisotopic (exact) mass is 454 g/mol. The highest BCUT2D eigenvalue weighted by molar-refractivity contribution is 5.74. The number of rotatable bonds is 4. The Labute approximate surface area is 191 Å². The van der Waals surface area contributed by atoms with Crippen molar-refractivity contribution in [3.05, 3.63) is 42.2 Å². The van der Waals surface area contributed by atoms with Gasteiger partial charge in [0.25, 0.3) is 0 Å². The molecule has 0 saturated carbocycles. The van der Waals surface area contributed by atoms with E-state index in [1.54, 1.807) is 0 Å². The lowest BCUT2D eigenvalue weighted by Gasteiger charge is -2.55. The fraction of sp³-hybridized carbons (Fsp3) is 0.458. The Balaban J connectivity index is 1.43. The third-order valence-electron chi connectivity index (χ3n) is 7.21. The standard InChI is InChI=1S/C24H28F2N6O/c1-23-5-4-6-24(2,31-23)11-15(10-23)32(3)22-19(26)9-20(29-30-22)17-7-18(25)16(8-21(17)33)14-12-27-28-13-14/h7-9,12-13,15,31,33H,4-6,10-11H2,1-3H3,(H,27,28)/t15-,23+,24-. The van der Waals surface area contributed by atoms with Gasteiger partial charge in [0, 0.05) is 53.1 Å². The number of phenols is 1. The highest BCUT2D eigenvalue weighted by Crippen LogP contribution is 2.42. The molecule has 2 fully saturated rings. The van der Waals surface area contributed by atoms with Gasteiger partial charge in [-0.3, -0.25) is 5.10 Å². The first-order chi connectivity index (χ1) is 15.7. The number of hydrogen-bond acceptors (Lipinski definition) is 6. The average Bonchev–Trinajstić information content (AvgIpc) is 3.27. The molecule has 0 radical (unpaired) electrons. The number of aromatic amines is 1. The Morgan fingerprint density at radius 3 is 2.39 bits per heavy atom. The molecule has 2 saturated heterocycles. The van der Waals surface area contributed by atoms with Gasteiger partial charge in [-0.2, -0.15) is 5.10 Å². The van der Waals surface area contributed by atoms with E-state index in [1.165, 1.54) is 30.9 Å². The summed E-state index contributed by atoms with van der Waals surface area (Å²) in [5.41, 5.74) is 0.880. The molecule has 1 aromatic carbocycles. The van der Waals surface area contributed by atoms with E-state index in [2.05, 4.69) is 39.6 Å². The number of nitrogens with one attached hydrogen (secondary N) is 2. The molecule has 3 N–H and O–H groups in total. The number of phenolic OH excluding ortho intramolecular Hbond substituents is 1. The van der Waals surface area contributed by atoms with E-state index in [-0.39, 0.29) is 45.5 Å². The zero-order chi connectivity index (χ0) is 23.4. The molecule has 33 heavy (non-hydrogen) atoms. The zero-order valence-electron chi connectivity index (χ0n) is 19.0. The number of aromatic nitrogens is 4. The molecule has 2 aromatic heterocycles. The Hall–Kier alpha value is -3.07. The van der Waals surface area contributed by atoms with Crippen molar-refractivity contribution in [1.82, 2.24) is 25.7 Å². The third-order valence-corrected chi connectivity index (χ3v) is 7.21. The van der Waals surface area contributed by atoms with Crippen molar-refractivity contribution in [3.8, 4) is 28.1 Å². The molecular formula is C24H28F2N6O. The zero-order valence-corrected chi connectivity index (χ0v) is 19.0. The maximum absolute atomic E-state index is 15.2. The Bertz CT molecular complexity index is 1170. The van der Waals surface area contributed by atoms with Crippen molar-refractivity contribution in [2.75, 3.05) is 11.9 Å². The molecule has 3 aromatic rings. The van der Waals surface area contributed by atoms with E-state index in [0.29, 0.717) is 5.56 Å². The predicted molar refractivity (Wildman–Crippen MR) is 122 cm³/mol. The van der Waals surface area contributed by atoms with E-state index < -0.39 is 11.6 Å². The summed E-state index contributed by atoms with van der Waals surface area (Å²) in [4.78, 5) is 1.87. The number of aromatic hydroxyl groups is 1. The molecule has 2 aliphatic heterocycles. The van der Waals surface area contributed by atoms with Crippen LogP contribution in [0.4, 0.5) is 14.6 Å². The van der Waals surface area contributed by atoms with Gasteiger partial charge in [-0.25, -0.2) is 8.78 Å². The molecule has 5 rings (SSSR count). The van der Waals surface area contributed by atoms with Crippen LogP contribution in [-0.4, -0.2) is 49.7 Å². The summed E-state index contributed by atoms with van der Waals surface area (Å²) in [6, 6.07) is 3.75. The minimum atomic E-state index is -0.574. The SMILES string of the molecule is CN(c1nnc(-c2cc(F)c(-c3cn[nH]c3)cc2O)cc1F)[C@@H]1C[C@]2(C)CCC[C@](C)(C1)N2. The molecule has 0 aliphatic carbocycles. The molecule has 9 heteroatoms. The van der Waals surface area contributed by atoms with Gasteiger partial charge in [0.05, 0.1) is 11.9 Å². The highest BCUT2D eigenvalue weighted by atomic mass is 19.1. The molecule has 2 bridgehead atoms.